The first-order valence-electron chi connectivity index (χ1n) is 7.21. The SMILES string of the molecule is CCC(CNC(=O)[C@@H](N)C(C)C)Cc1cccc(Br)c1. The molecule has 20 heavy (non-hydrogen) atoms. The molecule has 0 saturated heterocycles. The van der Waals surface area contributed by atoms with Crippen molar-refractivity contribution in [3.05, 3.63) is 34.3 Å². The maximum atomic E-state index is 11.9. The average Bonchev–Trinajstić information content (AvgIpc) is 2.42. The van der Waals surface area contributed by atoms with Gasteiger partial charge in [0, 0.05) is 11.0 Å². The molecule has 1 unspecified atom stereocenters. The fourth-order valence-corrected chi connectivity index (χ4v) is 2.47. The van der Waals surface area contributed by atoms with Crippen LogP contribution in [-0.4, -0.2) is 18.5 Å². The van der Waals surface area contributed by atoms with Gasteiger partial charge in [-0.05, 0) is 36.0 Å². The molecule has 3 nitrogen and oxygen atoms in total. The van der Waals surface area contributed by atoms with Gasteiger partial charge in [-0.3, -0.25) is 4.79 Å². The van der Waals surface area contributed by atoms with Crippen LogP contribution in [0.3, 0.4) is 0 Å². The highest BCUT2D eigenvalue weighted by molar-refractivity contribution is 9.10. The number of nitrogens with one attached hydrogen (secondary N) is 1. The molecule has 0 spiro atoms. The number of rotatable bonds is 7. The molecule has 0 aliphatic heterocycles. The van der Waals surface area contributed by atoms with E-state index >= 15 is 0 Å². The average molecular weight is 341 g/mol. The van der Waals surface area contributed by atoms with Crippen LogP contribution in [-0.2, 0) is 11.2 Å². The Kier molecular flexibility index (Phi) is 7.24. The minimum Gasteiger partial charge on any atom is -0.354 e. The Labute approximate surface area is 130 Å². The molecule has 0 fully saturated rings. The lowest BCUT2D eigenvalue weighted by Gasteiger charge is -2.19. The highest BCUT2D eigenvalue weighted by Gasteiger charge is 2.18. The number of amides is 1. The minimum absolute atomic E-state index is 0.0484. The van der Waals surface area contributed by atoms with Crippen LogP contribution in [0.25, 0.3) is 0 Å². The number of hydrogen-bond acceptors (Lipinski definition) is 2. The summed E-state index contributed by atoms with van der Waals surface area (Å²) in [6.45, 7) is 6.76. The van der Waals surface area contributed by atoms with Crippen LogP contribution in [0.1, 0.15) is 32.8 Å². The van der Waals surface area contributed by atoms with Crippen LogP contribution in [0.15, 0.2) is 28.7 Å². The van der Waals surface area contributed by atoms with Gasteiger partial charge in [0.1, 0.15) is 0 Å². The normalized spacial score (nSPS) is 14.1. The van der Waals surface area contributed by atoms with Gasteiger partial charge in [0.25, 0.3) is 0 Å². The molecule has 2 atom stereocenters. The lowest BCUT2D eigenvalue weighted by atomic mass is 9.96. The van der Waals surface area contributed by atoms with E-state index < -0.39 is 6.04 Å². The van der Waals surface area contributed by atoms with E-state index in [4.69, 9.17) is 5.73 Å². The molecule has 0 radical (unpaired) electrons. The molecular formula is C16H25BrN2O. The van der Waals surface area contributed by atoms with Crippen LogP contribution in [0.2, 0.25) is 0 Å². The first-order valence-corrected chi connectivity index (χ1v) is 8.01. The summed E-state index contributed by atoms with van der Waals surface area (Å²) in [6.07, 6.45) is 2.00. The van der Waals surface area contributed by atoms with Crippen molar-refractivity contribution in [2.75, 3.05) is 6.54 Å². The molecule has 1 rings (SSSR count). The Bertz CT molecular complexity index is 434. The third kappa shape index (κ3) is 5.63. The Morgan fingerprint density at radius 1 is 1.40 bits per heavy atom. The standard InChI is InChI=1S/C16H25BrN2O/c1-4-12(8-13-6-5-7-14(17)9-13)10-19-16(20)15(18)11(2)3/h5-7,9,11-12,15H,4,8,10,18H2,1-3H3,(H,19,20)/t12?,15-/m0/s1. The Balaban J connectivity index is 2.50. The number of carbonyl (C=O) groups is 1. The van der Waals surface area contributed by atoms with Gasteiger partial charge in [-0.25, -0.2) is 0 Å². The monoisotopic (exact) mass is 340 g/mol. The lowest BCUT2D eigenvalue weighted by Crippen LogP contribution is -2.45. The second-order valence-corrected chi connectivity index (χ2v) is 6.54. The number of hydrogen-bond donors (Lipinski definition) is 2. The number of carbonyl (C=O) groups excluding carboxylic acids is 1. The predicted octanol–water partition coefficient (Wildman–Crippen LogP) is 3.12. The van der Waals surface area contributed by atoms with E-state index in [9.17, 15) is 4.79 Å². The summed E-state index contributed by atoms with van der Waals surface area (Å²) in [5.74, 6) is 0.556. The predicted molar refractivity (Wildman–Crippen MR) is 87.5 cm³/mol. The van der Waals surface area contributed by atoms with Crippen LogP contribution >= 0.6 is 15.9 Å². The number of nitrogens with two attached hydrogens (primary N) is 1. The summed E-state index contributed by atoms with van der Waals surface area (Å²) in [4.78, 5) is 11.9. The minimum atomic E-state index is -0.418. The molecule has 1 amide bonds. The van der Waals surface area contributed by atoms with Crippen molar-refractivity contribution in [3.8, 4) is 0 Å². The van der Waals surface area contributed by atoms with Crippen LogP contribution in [0, 0.1) is 11.8 Å². The number of halogens is 1. The fraction of sp³-hybridized carbons (Fsp3) is 0.562. The van der Waals surface area contributed by atoms with Crippen molar-refractivity contribution in [1.82, 2.24) is 5.32 Å². The summed E-state index contributed by atoms with van der Waals surface area (Å²) in [7, 11) is 0. The smallest absolute Gasteiger partial charge is 0.237 e. The van der Waals surface area contributed by atoms with E-state index in [1.807, 2.05) is 26.0 Å². The van der Waals surface area contributed by atoms with Gasteiger partial charge >= 0.3 is 0 Å². The maximum Gasteiger partial charge on any atom is 0.237 e. The Morgan fingerprint density at radius 2 is 2.10 bits per heavy atom. The second kappa shape index (κ2) is 8.42. The lowest BCUT2D eigenvalue weighted by molar-refractivity contribution is -0.123. The van der Waals surface area contributed by atoms with Crippen molar-refractivity contribution < 1.29 is 4.79 Å². The molecule has 0 aliphatic rings. The summed E-state index contributed by atoms with van der Waals surface area (Å²) >= 11 is 3.48. The van der Waals surface area contributed by atoms with Crippen molar-refractivity contribution in [2.45, 2.75) is 39.7 Å². The molecule has 0 aromatic heterocycles. The van der Waals surface area contributed by atoms with E-state index in [2.05, 4.69) is 40.3 Å². The quantitative estimate of drug-likeness (QED) is 0.801. The molecule has 0 heterocycles. The third-order valence-corrected chi connectivity index (χ3v) is 4.07. The van der Waals surface area contributed by atoms with Crippen molar-refractivity contribution in [2.24, 2.45) is 17.6 Å². The van der Waals surface area contributed by atoms with Crippen molar-refractivity contribution in [3.63, 3.8) is 0 Å². The number of benzene rings is 1. The fourth-order valence-electron chi connectivity index (χ4n) is 2.02. The summed E-state index contributed by atoms with van der Waals surface area (Å²) in [5.41, 5.74) is 7.13. The van der Waals surface area contributed by atoms with Crippen molar-refractivity contribution in [1.29, 1.82) is 0 Å². The molecule has 4 heteroatoms. The van der Waals surface area contributed by atoms with E-state index in [0.717, 1.165) is 17.3 Å². The third-order valence-electron chi connectivity index (χ3n) is 3.58. The van der Waals surface area contributed by atoms with Crippen LogP contribution < -0.4 is 11.1 Å². The summed E-state index contributed by atoms with van der Waals surface area (Å²) in [5, 5.41) is 2.97. The first-order chi connectivity index (χ1) is 9.43. The zero-order chi connectivity index (χ0) is 15.1. The summed E-state index contributed by atoms with van der Waals surface area (Å²) in [6, 6.07) is 7.89. The Hall–Kier alpha value is -0.870. The van der Waals surface area contributed by atoms with Gasteiger partial charge in [0.15, 0.2) is 0 Å². The van der Waals surface area contributed by atoms with Crippen LogP contribution in [0.4, 0.5) is 0 Å². The van der Waals surface area contributed by atoms with Gasteiger partial charge in [-0.2, -0.15) is 0 Å². The highest BCUT2D eigenvalue weighted by atomic mass is 79.9. The molecule has 1 aromatic rings. The van der Waals surface area contributed by atoms with E-state index in [-0.39, 0.29) is 11.8 Å². The van der Waals surface area contributed by atoms with E-state index in [1.54, 1.807) is 0 Å². The van der Waals surface area contributed by atoms with Crippen LogP contribution in [0.5, 0.6) is 0 Å². The highest BCUT2D eigenvalue weighted by Crippen LogP contribution is 2.16. The second-order valence-electron chi connectivity index (χ2n) is 5.62. The van der Waals surface area contributed by atoms with Crippen molar-refractivity contribution >= 4 is 21.8 Å². The molecule has 112 valence electrons. The van der Waals surface area contributed by atoms with Gasteiger partial charge in [-0.1, -0.05) is 55.3 Å². The Morgan fingerprint density at radius 3 is 2.65 bits per heavy atom. The maximum absolute atomic E-state index is 11.9. The van der Waals surface area contributed by atoms with Gasteiger partial charge in [-0.15, -0.1) is 0 Å². The first kappa shape index (κ1) is 17.2. The van der Waals surface area contributed by atoms with Gasteiger partial charge < -0.3 is 11.1 Å². The summed E-state index contributed by atoms with van der Waals surface area (Å²) < 4.78 is 1.09. The topological polar surface area (TPSA) is 55.1 Å². The molecule has 0 saturated carbocycles. The van der Waals surface area contributed by atoms with E-state index in [1.165, 1.54) is 5.56 Å². The largest absolute Gasteiger partial charge is 0.354 e. The zero-order valence-electron chi connectivity index (χ0n) is 12.5. The molecule has 1 aromatic carbocycles. The van der Waals surface area contributed by atoms with E-state index in [0.29, 0.717) is 12.5 Å². The molecule has 0 bridgehead atoms. The molecule has 3 N–H and O–H groups in total. The molecule has 0 aliphatic carbocycles. The zero-order valence-corrected chi connectivity index (χ0v) is 14.1. The van der Waals surface area contributed by atoms with Gasteiger partial charge in [0.2, 0.25) is 5.91 Å². The van der Waals surface area contributed by atoms with Gasteiger partial charge in [0.05, 0.1) is 6.04 Å². The molecular weight excluding hydrogens is 316 g/mol.